The Morgan fingerprint density at radius 1 is 1.19 bits per heavy atom. The van der Waals surface area contributed by atoms with Crippen LogP contribution < -0.4 is 10.7 Å². The van der Waals surface area contributed by atoms with Crippen molar-refractivity contribution in [2.75, 3.05) is 5.32 Å². The Morgan fingerprint density at radius 3 is 2.76 bits per heavy atom. The number of nitrogens with one attached hydrogen (secondary N) is 2. The maximum Gasteiger partial charge on any atom is 0.262 e. The van der Waals surface area contributed by atoms with Crippen LogP contribution in [-0.2, 0) is 0 Å². The van der Waals surface area contributed by atoms with Gasteiger partial charge in [-0.1, -0.05) is 23.7 Å². The zero-order valence-electron chi connectivity index (χ0n) is 10.8. The first-order chi connectivity index (χ1) is 10.1. The van der Waals surface area contributed by atoms with Crippen LogP contribution >= 0.6 is 11.6 Å². The van der Waals surface area contributed by atoms with E-state index in [1.807, 2.05) is 6.07 Å². The topological polar surface area (TPSA) is 74.8 Å². The molecule has 0 aliphatic rings. The summed E-state index contributed by atoms with van der Waals surface area (Å²) in [4.78, 5) is 31.3. The molecule has 2 aromatic heterocycles. The highest BCUT2D eigenvalue weighted by atomic mass is 35.5. The Labute approximate surface area is 124 Å². The zero-order valence-corrected chi connectivity index (χ0v) is 11.5. The summed E-state index contributed by atoms with van der Waals surface area (Å²) in [7, 11) is 0. The second-order valence-corrected chi connectivity index (χ2v) is 4.83. The molecule has 0 spiro atoms. The van der Waals surface area contributed by atoms with Crippen LogP contribution in [0.1, 0.15) is 10.4 Å². The van der Waals surface area contributed by atoms with Gasteiger partial charge in [0.2, 0.25) is 5.43 Å². The average molecular weight is 300 g/mol. The third-order valence-corrected chi connectivity index (χ3v) is 3.23. The number of amides is 1. The number of aromatic amines is 1. The summed E-state index contributed by atoms with van der Waals surface area (Å²) >= 11 is 5.73. The van der Waals surface area contributed by atoms with Crippen LogP contribution in [0.5, 0.6) is 0 Å². The monoisotopic (exact) mass is 299 g/mol. The minimum Gasteiger partial charge on any atom is -0.360 e. The first-order valence-electron chi connectivity index (χ1n) is 6.18. The number of nitrogens with zero attached hydrogens (tertiary/aromatic N) is 1. The number of carbonyl (C=O) groups excluding carboxylic acids is 1. The van der Waals surface area contributed by atoms with Crippen LogP contribution in [0.2, 0.25) is 5.02 Å². The Bertz CT molecular complexity index is 872. The van der Waals surface area contributed by atoms with Crippen molar-refractivity contribution in [1.29, 1.82) is 0 Å². The second kappa shape index (κ2) is 5.38. The van der Waals surface area contributed by atoms with Gasteiger partial charge in [0.15, 0.2) is 0 Å². The third-order valence-electron chi connectivity index (χ3n) is 3.00. The van der Waals surface area contributed by atoms with E-state index in [1.54, 1.807) is 30.3 Å². The fourth-order valence-electron chi connectivity index (χ4n) is 1.97. The Balaban J connectivity index is 1.96. The summed E-state index contributed by atoms with van der Waals surface area (Å²) in [6.07, 6.45) is 2.82. The summed E-state index contributed by atoms with van der Waals surface area (Å²) in [5, 5.41) is 3.50. The quantitative estimate of drug-likeness (QED) is 0.764. The lowest BCUT2D eigenvalue weighted by Crippen LogP contribution is -2.22. The number of anilines is 1. The number of pyridine rings is 2. The number of rotatable bonds is 2. The van der Waals surface area contributed by atoms with Crippen molar-refractivity contribution in [2.45, 2.75) is 0 Å². The number of H-pyrrole nitrogens is 1. The van der Waals surface area contributed by atoms with Crippen molar-refractivity contribution in [2.24, 2.45) is 0 Å². The Hall–Kier alpha value is -2.66. The summed E-state index contributed by atoms with van der Waals surface area (Å²) < 4.78 is 0. The summed E-state index contributed by atoms with van der Waals surface area (Å²) in [6.45, 7) is 0. The number of halogens is 1. The maximum absolute atomic E-state index is 12.3. The van der Waals surface area contributed by atoms with Crippen molar-refractivity contribution < 1.29 is 4.79 Å². The van der Waals surface area contributed by atoms with E-state index in [1.165, 1.54) is 12.4 Å². The molecule has 104 valence electrons. The van der Waals surface area contributed by atoms with Gasteiger partial charge in [0, 0.05) is 23.3 Å². The molecule has 2 heterocycles. The van der Waals surface area contributed by atoms with Crippen LogP contribution in [0.25, 0.3) is 10.9 Å². The van der Waals surface area contributed by atoms with Crippen molar-refractivity contribution in [3.63, 3.8) is 0 Å². The minimum atomic E-state index is -0.517. The number of fused-ring (bicyclic) bond motifs is 1. The summed E-state index contributed by atoms with van der Waals surface area (Å²) in [5.41, 5.74) is 0.393. The number of carbonyl (C=O) groups is 1. The molecular formula is C15H10ClN3O2. The molecule has 0 fully saturated rings. The van der Waals surface area contributed by atoms with E-state index in [2.05, 4.69) is 15.3 Å². The normalized spacial score (nSPS) is 10.5. The molecule has 0 atom stereocenters. The first kappa shape index (κ1) is 13.3. The lowest BCUT2D eigenvalue weighted by atomic mass is 10.1. The van der Waals surface area contributed by atoms with Crippen LogP contribution in [0.4, 0.5) is 5.82 Å². The smallest absolute Gasteiger partial charge is 0.262 e. The van der Waals surface area contributed by atoms with E-state index < -0.39 is 5.91 Å². The average Bonchev–Trinajstić information content (AvgIpc) is 2.50. The molecule has 21 heavy (non-hydrogen) atoms. The maximum atomic E-state index is 12.3. The van der Waals surface area contributed by atoms with Gasteiger partial charge in [0.1, 0.15) is 11.4 Å². The predicted octanol–water partition coefficient (Wildman–Crippen LogP) is 2.83. The van der Waals surface area contributed by atoms with E-state index in [9.17, 15) is 9.59 Å². The molecule has 6 heteroatoms. The number of benzene rings is 1. The molecule has 0 unspecified atom stereocenters. The van der Waals surface area contributed by atoms with E-state index in [0.717, 1.165) is 0 Å². The molecule has 5 nitrogen and oxygen atoms in total. The summed E-state index contributed by atoms with van der Waals surface area (Å²) in [5.74, 6) is -0.186. The van der Waals surface area contributed by atoms with Gasteiger partial charge in [-0.25, -0.2) is 4.98 Å². The minimum absolute atomic E-state index is 0.0328. The lowest BCUT2D eigenvalue weighted by Gasteiger charge is -2.05. The number of hydrogen-bond acceptors (Lipinski definition) is 3. The molecule has 0 aliphatic carbocycles. The highest BCUT2D eigenvalue weighted by Crippen LogP contribution is 2.11. The first-order valence-corrected chi connectivity index (χ1v) is 6.56. The standard InChI is InChI=1S/C15H10ClN3O2/c16-9-5-6-13(18-7-9)19-15(21)11-8-17-12-4-2-1-3-10(12)14(11)20/h1-8H,(H,17,20)(H,18,19,21). The van der Waals surface area contributed by atoms with Gasteiger partial charge in [-0.2, -0.15) is 0 Å². The molecule has 0 radical (unpaired) electrons. The molecule has 0 bridgehead atoms. The van der Waals surface area contributed by atoms with Crippen LogP contribution in [0.15, 0.2) is 53.6 Å². The van der Waals surface area contributed by atoms with Gasteiger partial charge < -0.3 is 10.3 Å². The highest BCUT2D eigenvalue weighted by molar-refractivity contribution is 6.30. The van der Waals surface area contributed by atoms with Crippen LogP contribution in [0, 0.1) is 0 Å². The largest absolute Gasteiger partial charge is 0.360 e. The van der Waals surface area contributed by atoms with Crippen molar-refractivity contribution in [3.8, 4) is 0 Å². The molecule has 3 aromatic rings. The van der Waals surface area contributed by atoms with Gasteiger partial charge in [-0.3, -0.25) is 9.59 Å². The second-order valence-electron chi connectivity index (χ2n) is 4.39. The SMILES string of the molecule is O=C(Nc1ccc(Cl)cn1)c1c[nH]c2ccccc2c1=O. The van der Waals surface area contributed by atoms with Crippen molar-refractivity contribution >= 4 is 34.2 Å². The summed E-state index contributed by atoms with van der Waals surface area (Å²) in [6, 6.07) is 10.2. The van der Waals surface area contributed by atoms with Gasteiger partial charge in [0.05, 0.1) is 5.02 Å². The third kappa shape index (κ3) is 2.64. The van der Waals surface area contributed by atoms with Gasteiger partial charge in [0.25, 0.3) is 5.91 Å². The van der Waals surface area contributed by atoms with Crippen LogP contribution in [-0.4, -0.2) is 15.9 Å². The van der Waals surface area contributed by atoms with Gasteiger partial charge in [-0.05, 0) is 24.3 Å². The molecule has 0 saturated heterocycles. The Morgan fingerprint density at radius 2 is 2.00 bits per heavy atom. The van der Waals surface area contributed by atoms with E-state index >= 15 is 0 Å². The van der Waals surface area contributed by atoms with E-state index in [-0.39, 0.29) is 11.0 Å². The zero-order chi connectivity index (χ0) is 14.8. The van der Waals surface area contributed by atoms with Gasteiger partial charge >= 0.3 is 0 Å². The van der Waals surface area contributed by atoms with Crippen LogP contribution in [0.3, 0.4) is 0 Å². The fourth-order valence-corrected chi connectivity index (χ4v) is 2.08. The molecule has 0 saturated carbocycles. The van der Waals surface area contributed by atoms with Gasteiger partial charge in [-0.15, -0.1) is 0 Å². The molecule has 1 amide bonds. The number of para-hydroxylation sites is 1. The highest BCUT2D eigenvalue weighted by Gasteiger charge is 2.13. The van der Waals surface area contributed by atoms with Crippen molar-refractivity contribution in [1.82, 2.24) is 9.97 Å². The molecule has 1 aromatic carbocycles. The Kier molecular flexibility index (Phi) is 3.41. The van der Waals surface area contributed by atoms with E-state index in [4.69, 9.17) is 11.6 Å². The number of aromatic nitrogens is 2. The fraction of sp³-hybridized carbons (Fsp3) is 0. The van der Waals surface area contributed by atoms with Crippen molar-refractivity contribution in [3.05, 3.63) is 69.6 Å². The lowest BCUT2D eigenvalue weighted by molar-refractivity contribution is 0.102. The number of hydrogen-bond donors (Lipinski definition) is 2. The molecular weight excluding hydrogens is 290 g/mol. The predicted molar refractivity (Wildman–Crippen MR) is 81.8 cm³/mol. The molecule has 2 N–H and O–H groups in total. The molecule has 3 rings (SSSR count). The van der Waals surface area contributed by atoms with E-state index in [0.29, 0.717) is 21.7 Å². The molecule has 0 aliphatic heterocycles.